The molecule has 3 N–H and O–H groups in total. The molecule has 0 amide bonds. The first-order valence-electron chi connectivity index (χ1n) is 9.85. The maximum Gasteiger partial charge on any atom is 0.229 e. The summed E-state index contributed by atoms with van der Waals surface area (Å²) in [4.78, 5) is 2.42. The molecule has 8 heteroatoms. The zero-order valence-electron chi connectivity index (χ0n) is 16.8. The van der Waals surface area contributed by atoms with E-state index in [9.17, 15) is 8.42 Å². The van der Waals surface area contributed by atoms with Gasteiger partial charge < -0.3 is 5.32 Å². The van der Waals surface area contributed by atoms with Gasteiger partial charge in [0.25, 0.3) is 0 Å². The van der Waals surface area contributed by atoms with Gasteiger partial charge in [0.2, 0.25) is 10.0 Å². The van der Waals surface area contributed by atoms with E-state index < -0.39 is 10.0 Å². The number of aryl methyl sites for hydroxylation is 1. The van der Waals surface area contributed by atoms with Crippen LogP contribution in [0.25, 0.3) is 10.9 Å². The Morgan fingerprint density at radius 2 is 2.10 bits per heavy atom. The quantitative estimate of drug-likeness (QED) is 0.577. The third kappa shape index (κ3) is 5.07. The van der Waals surface area contributed by atoms with E-state index in [4.69, 9.17) is 0 Å². The van der Waals surface area contributed by atoms with Crippen LogP contribution in [0.15, 0.2) is 42.6 Å². The van der Waals surface area contributed by atoms with Crippen LogP contribution in [-0.2, 0) is 16.6 Å². The molecule has 1 aliphatic rings. The SMILES string of the molecule is Cc1ccc(CN2CCC[C@H](Nc3ccc4[nH]ncc4c3)C2)cc1NS(C)(=O)=O. The van der Waals surface area contributed by atoms with Crippen molar-refractivity contribution in [2.45, 2.75) is 32.4 Å². The minimum absolute atomic E-state index is 0.382. The second-order valence-corrected chi connectivity index (χ2v) is 9.66. The Morgan fingerprint density at radius 1 is 1.24 bits per heavy atom. The molecular formula is C21H27N5O2S. The number of piperidine rings is 1. The smallest absolute Gasteiger partial charge is 0.229 e. The van der Waals surface area contributed by atoms with Crippen LogP contribution in [0.2, 0.25) is 0 Å². The highest BCUT2D eigenvalue weighted by molar-refractivity contribution is 7.92. The summed E-state index contributed by atoms with van der Waals surface area (Å²) in [5.74, 6) is 0. The van der Waals surface area contributed by atoms with Crippen molar-refractivity contribution in [3.63, 3.8) is 0 Å². The van der Waals surface area contributed by atoms with Crippen LogP contribution >= 0.6 is 0 Å². The van der Waals surface area contributed by atoms with E-state index in [1.54, 1.807) is 0 Å². The zero-order valence-corrected chi connectivity index (χ0v) is 17.6. The van der Waals surface area contributed by atoms with Gasteiger partial charge in [-0.15, -0.1) is 0 Å². The van der Waals surface area contributed by atoms with Gasteiger partial charge in [0, 0.05) is 30.2 Å². The molecule has 2 heterocycles. The summed E-state index contributed by atoms with van der Waals surface area (Å²) in [6.07, 6.45) is 5.29. The molecule has 1 atom stereocenters. The van der Waals surface area contributed by atoms with Gasteiger partial charge in [0.1, 0.15) is 0 Å². The number of fused-ring (bicyclic) bond motifs is 1. The van der Waals surface area contributed by atoms with Crippen LogP contribution in [0, 0.1) is 6.92 Å². The largest absolute Gasteiger partial charge is 0.381 e. The average Bonchev–Trinajstić information content (AvgIpc) is 3.11. The summed E-state index contributed by atoms with van der Waals surface area (Å²) in [6, 6.07) is 12.6. The van der Waals surface area contributed by atoms with Crippen molar-refractivity contribution in [2.75, 3.05) is 29.4 Å². The maximum absolute atomic E-state index is 11.6. The second kappa shape index (κ2) is 8.04. The number of hydrogen-bond donors (Lipinski definition) is 3. The number of aromatic nitrogens is 2. The van der Waals surface area contributed by atoms with Crippen LogP contribution < -0.4 is 10.0 Å². The number of nitrogens with zero attached hydrogens (tertiary/aromatic N) is 2. The van der Waals surface area contributed by atoms with Crippen LogP contribution in [0.4, 0.5) is 11.4 Å². The molecule has 1 aromatic heterocycles. The van der Waals surface area contributed by atoms with Gasteiger partial charge in [-0.25, -0.2) is 8.42 Å². The number of benzene rings is 2. The lowest BCUT2D eigenvalue weighted by Gasteiger charge is -2.34. The van der Waals surface area contributed by atoms with Gasteiger partial charge in [0.05, 0.1) is 23.7 Å². The monoisotopic (exact) mass is 413 g/mol. The Morgan fingerprint density at radius 3 is 2.93 bits per heavy atom. The zero-order chi connectivity index (χ0) is 20.4. The number of likely N-dealkylation sites (tertiary alicyclic amines) is 1. The van der Waals surface area contributed by atoms with Crippen LogP contribution in [-0.4, -0.2) is 48.9 Å². The van der Waals surface area contributed by atoms with Crippen molar-refractivity contribution in [3.8, 4) is 0 Å². The highest BCUT2D eigenvalue weighted by Gasteiger charge is 2.20. The fourth-order valence-electron chi connectivity index (χ4n) is 3.92. The Hall–Kier alpha value is -2.58. The fourth-order valence-corrected chi connectivity index (χ4v) is 4.54. The van der Waals surface area contributed by atoms with E-state index in [0.29, 0.717) is 11.7 Å². The van der Waals surface area contributed by atoms with Crippen LogP contribution in [0.1, 0.15) is 24.0 Å². The third-order valence-electron chi connectivity index (χ3n) is 5.32. The Labute approximate surface area is 171 Å². The van der Waals surface area contributed by atoms with Crippen LogP contribution in [0.5, 0.6) is 0 Å². The number of nitrogens with one attached hydrogen (secondary N) is 3. The maximum atomic E-state index is 11.6. The molecule has 1 aliphatic heterocycles. The second-order valence-electron chi connectivity index (χ2n) is 7.91. The average molecular weight is 414 g/mol. The molecule has 154 valence electrons. The van der Waals surface area contributed by atoms with Gasteiger partial charge in [-0.05, 0) is 61.7 Å². The number of sulfonamides is 1. The van der Waals surface area contributed by atoms with Gasteiger partial charge in [-0.3, -0.25) is 14.7 Å². The van der Waals surface area contributed by atoms with Crippen molar-refractivity contribution < 1.29 is 8.42 Å². The minimum atomic E-state index is -3.28. The summed E-state index contributed by atoms with van der Waals surface area (Å²) in [5.41, 5.74) is 4.85. The minimum Gasteiger partial charge on any atom is -0.381 e. The standard InChI is InChI=1S/C21H27N5O2S/c1-15-5-6-16(10-21(15)25-29(2,27)28)13-26-9-3-4-19(14-26)23-18-7-8-20-17(11-18)12-22-24-20/h5-8,10-12,19,23,25H,3-4,9,13-14H2,1-2H3,(H,22,24)/t19-/m0/s1. The van der Waals surface area contributed by atoms with Crippen molar-refractivity contribution in [2.24, 2.45) is 0 Å². The number of aromatic amines is 1. The number of anilines is 2. The lowest BCUT2D eigenvalue weighted by molar-refractivity contribution is 0.208. The topological polar surface area (TPSA) is 90.1 Å². The fraction of sp³-hybridized carbons (Fsp3) is 0.381. The molecule has 0 spiro atoms. The molecule has 7 nitrogen and oxygen atoms in total. The lowest BCUT2D eigenvalue weighted by atomic mass is 10.0. The number of hydrogen-bond acceptors (Lipinski definition) is 5. The van der Waals surface area contributed by atoms with E-state index in [-0.39, 0.29) is 0 Å². The van der Waals surface area contributed by atoms with E-state index in [1.165, 1.54) is 6.26 Å². The first kappa shape index (κ1) is 19.7. The Kier molecular flexibility index (Phi) is 5.47. The highest BCUT2D eigenvalue weighted by atomic mass is 32.2. The molecule has 2 aromatic carbocycles. The summed E-state index contributed by atoms with van der Waals surface area (Å²) in [5, 5.41) is 11.8. The van der Waals surface area contributed by atoms with Gasteiger partial charge in [0.15, 0.2) is 0 Å². The molecule has 29 heavy (non-hydrogen) atoms. The summed E-state index contributed by atoms with van der Waals surface area (Å²) < 4.78 is 25.8. The van der Waals surface area contributed by atoms with E-state index in [2.05, 4.69) is 43.3 Å². The Balaban J connectivity index is 1.41. The normalized spacial score (nSPS) is 18.1. The van der Waals surface area contributed by atoms with E-state index >= 15 is 0 Å². The lowest BCUT2D eigenvalue weighted by Crippen LogP contribution is -2.41. The van der Waals surface area contributed by atoms with Crippen molar-refractivity contribution in [1.82, 2.24) is 15.1 Å². The third-order valence-corrected chi connectivity index (χ3v) is 5.91. The number of H-pyrrole nitrogens is 1. The molecule has 1 saturated heterocycles. The van der Waals surface area contributed by atoms with E-state index in [1.807, 2.05) is 31.3 Å². The predicted octanol–water partition coefficient (Wildman–Crippen LogP) is 3.32. The Bertz CT molecular complexity index is 1110. The molecule has 0 unspecified atom stereocenters. The molecule has 3 aromatic rings. The van der Waals surface area contributed by atoms with Crippen molar-refractivity contribution >= 4 is 32.3 Å². The number of rotatable bonds is 6. The van der Waals surface area contributed by atoms with Crippen molar-refractivity contribution in [3.05, 3.63) is 53.7 Å². The van der Waals surface area contributed by atoms with E-state index in [0.717, 1.165) is 60.2 Å². The molecular weight excluding hydrogens is 386 g/mol. The molecule has 0 saturated carbocycles. The first-order valence-corrected chi connectivity index (χ1v) is 11.7. The summed E-state index contributed by atoms with van der Waals surface area (Å²) in [7, 11) is -3.28. The predicted molar refractivity (Wildman–Crippen MR) is 118 cm³/mol. The molecule has 0 radical (unpaired) electrons. The molecule has 4 rings (SSSR count). The first-order chi connectivity index (χ1) is 13.9. The van der Waals surface area contributed by atoms with Crippen molar-refractivity contribution in [1.29, 1.82) is 0 Å². The van der Waals surface area contributed by atoms with Gasteiger partial charge in [-0.1, -0.05) is 12.1 Å². The molecule has 0 aliphatic carbocycles. The molecule has 0 bridgehead atoms. The summed E-state index contributed by atoms with van der Waals surface area (Å²) >= 11 is 0. The highest BCUT2D eigenvalue weighted by Crippen LogP contribution is 2.23. The van der Waals surface area contributed by atoms with Gasteiger partial charge >= 0.3 is 0 Å². The summed E-state index contributed by atoms with van der Waals surface area (Å²) in [6.45, 7) is 4.71. The van der Waals surface area contributed by atoms with Gasteiger partial charge in [-0.2, -0.15) is 5.10 Å². The molecule has 1 fully saturated rings. The van der Waals surface area contributed by atoms with Crippen LogP contribution in [0.3, 0.4) is 0 Å².